The summed E-state index contributed by atoms with van der Waals surface area (Å²) in [5, 5.41) is 0. The van der Waals surface area contributed by atoms with Crippen molar-refractivity contribution < 1.29 is 9.47 Å². The molecule has 2 saturated heterocycles. The number of piperidine rings is 1. The highest BCUT2D eigenvalue weighted by Gasteiger charge is 2.29. The first-order valence-electron chi connectivity index (χ1n) is 8.42. The molecule has 0 spiro atoms. The summed E-state index contributed by atoms with van der Waals surface area (Å²) in [6, 6.07) is 0. The predicted molar refractivity (Wildman–Crippen MR) is 82.8 cm³/mol. The van der Waals surface area contributed by atoms with Crippen molar-refractivity contribution in [3.8, 4) is 0 Å². The predicted octanol–water partition coefficient (Wildman–Crippen LogP) is 3.68. The Morgan fingerprint density at radius 2 is 1.85 bits per heavy atom. The van der Waals surface area contributed by atoms with Gasteiger partial charge in [0.25, 0.3) is 0 Å². The Kier molecular flexibility index (Phi) is 5.88. The second-order valence-corrected chi connectivity index (χ2v) is 7.99. The van der Waals surface area contributed by atoms with Gasteiger partial charge in [-0.05, 0) is 43.7 Å². The van der Waals surface area contributed by atoms with Gasteiger partial charge >= 0.3 is 0 Å². The van der Waals surface area contributed by atoms with Crippen LogP contribution in [0.1, 0.15) is 59.8 Å². The Labute approximate surface area is 125 Å². The van der Waals surface area contributed by atoms with Crippen LogP contribution >= 0.6 is 0 Å². The maximum absolute atomic E-state index is 6.09. The molecule has 2 rings (SSSR count). The summed E-state index contributed by atoms with van der Waals surface area (Å²) in [4.78, 5) is 2.54. The van der Waals surface area contributed by atoms with Crippen LogP contribution in [0, 0.1) is 11.3 Å². The monoisotopic (exact) mass is 283 g/mol. The van der Waals surface area contributed by atoms with E-state index in [-0.39, 0.29) is 6.29 Å². The summed E-state index contributed by atoms with van der Waals surface area (Å²) in [6.45, 7) is 13.6. The molecule has 0 aromatic heterocycles. The lowest BCUT2D eigenvalue weighted by Crippen LogP contribution is -2.37. The van der Waals surface area contributed by atoms with Crippen molar-refractivity contribution in [1.29, 1.82) is 0 Å². The molecule has 2 aliphatic heterocycles. The molecule has 0 amide bonds. The minimum atomic E-state index is 0.0298. The molecule has 118 valence electrons. The molecule has 3 heteroatoms. The lowest BCUT2D eigenvalue weighted by molar-refractivity contribution is -0.0762. The second-order valence-electron chi connectivity index (χ2n) is 7.99. The van der Waals surface area contributed by atoms with Gasteiger partial charge in [-0.1, -0.05) is 34.1 Å². The molecule has 2 aliphatic rings. The quantitative estimate of drug-likeness (QED) is 0.768. The standard InChI is InChI=1S/C17H33NO2/c1-14(11-17(2,3)4)10-16-19-13-15(20-16)12-18-8-6-5-7-9-18/h14-16H,5-13H2,1-4H3/t14-,15+,16-/m1/s1. The van der Waals surface area contributed by atoms with E-state index in [4.69, 9.17) is 9.47 Å². The van der Waals surface area contributed by atoms with Crippen LogP contribution in [0.15, 0.2) is 0 Å². The highest BCUT2D eigenvalue weighted by Crippen LogP contribution is 2.29. The average molecular weight is 283 g/mol. The molecule has 0 saturated carbocycles. The van der Waals surface area contributed by atoms with Gasteiger partial charge < -0.3 is 14.4 Å². The Balaban J connectivity index is 1.66. The number of likely N-dealkylation sites (tertiary alicyclic amines) is 1. The van der Waals surface area contributed by atoms with Crippen molar-refractivity contribution in [3.63, 3.8) is 0 Å². The van der Waals surface area contributed by atoms with Gasteiger partial charge in [0.15, 0.2) is 6.29 Å². The summed E-state index contributed by atoms with van der Waals surface area (Å²) < 4.78 is 11.9. The number of ether oxygens (including phenoxy) is 2. The van der Waals surface area contributed by atoms with Crippen LogP contribution in [0.5, 0.6) is 0 Å². The molecule has 20 heavy (non-hydrogen) atoms. The maximum Gasteiger partial charge on any atom is 0.158 e. The maximum atomic E-state index is 6.09. The zero-order chi connectivity index (χ0) is 14.6. The fourth-order valence-electron chi connectivity index (χ4n) is 3.61. The summed E-state index contributed by atoms with van der Waals surface area (Å²) in [5.41, 5.74) is 0.394. The molecule has 2 heterocycles. The lowest BCUT2D eigenvalue weighted by atomic mass is 9.84. The van der Waals surface area contributed by atoms with Gasteiger partial charge in [0.1, 0.15) is 0 Å². The van der Waals surface area contributed by atoms with E-state index >= 15 is 0 Å². The van der Waals surface area contributed by atoms with Crippen molar-refractivity contribution in [1.82, 2.24) is 4.90 Å². The first kappa shape index (κ1) is 16.3. The Morgan fingerprint density at radius 1 is 1.15 bits per heavy atom. The van der Waals surface area contributed by atoms with Gasteiger partial charge in [-0.3, -0.25) is 0 Å². The Hall–Kier alpha value is -0.120. The molecule has 0 unspecified atom stereocenters. The summed E-state index contributed by atoms with van der Waals surface area (Å²) >= 11 is 0. The van der Waals surface area contributed by atoms with E-state index < -0.39 is 0 Å². The molecule has 0 aromatic carbocycles. The van der Waals surface area contributed by atoms with Gasteiger partial charge in [0.2, 0.25) is 0 Å². The van der Waals surface area contributed by atoms with E-state index in [9.17, 15) is 0 Å². The molecule has 3 nitrogen and oxygen atoms in total. The molecule has 0 N–H and O–H groups in total. The highest BCUT2D eigenvalue weighted by atomic mass is 16.7. The van der Waals surface area contributed by atoms with Crippen molar-refractivity contribution in [2.45, 2.75) is 72.2 Å². The summed E-state index contributed by atoms with van der Waals surface area (Å²) in [5.74, 6) is 0.661. The summed E-state index contributed by atoms with van der Waals surface area (Å²) in [7, 11) is 0. The Bertz CT molecular complexity index is 281. The van der Waals surface area contributed by atoms with Crippen molar-refractivity contribution in [2.75, 3.05) is 26.2 Å². The van der Waals surface area contributed by atoms with Gasteiger partial charge in [0.05, 0.1) is 12.7 Å². The van der Waals surface area contributed by atoms with Gasteiger partial charge in [-0.15, -0.1) is 0 Å². The van der Waals surface area contributed by atoms with Crippen molar-refractivity contribution in [2.24, 2.45) is 11.3 Å². The normalized spacial score (nSPS) is 30.6. The van der Waals surface area contributed by atoms with Crippen molar-refractivity contribution in [3.05, 3.63) is 0 Å². The molecule has 0 radical (unpaired) electrons. The number of rotatable bonds is 5. The SMILES string of the molecule is C[C@H](C[C@@H]1OC[C@H](CN2CCCCC2)O1)CC(C)(C)C. The molecule has 0 bridgehead atoms. The molecule has 2 fully saturated rings. The number of nitrogens with zero attached hydrogens (tertiary/aromatic N) is 1. The van der Waals surface area contributed by atoms with E-state index in [0.29, 0.717) is 17.4 Å². The van der Waals surface area contributed by atoms with E-state index in [1.807, 2.05) is 0 Å². The second kappa shape index (κ2) is 7.24. The van der Waals surface area contributed by atoms with Crippen LogP contribution < -0.4 is 0 Å². The van der Waals surface area contributed by atoms with Crippen LogP contribution in [-0.4, -0.2) is 43.5 Å². The number of hydrogen-bond acceptors (Lipinski definition) is 3. The first-order valence-corrected chi connectivity index (χ1v) is 8.42. The fourth-order valence-corrected chi connectivity index (χ4v) is 3.61. The summed E-state index contributed by atoms with van der Waals surface area (Å²) in [6.07, 6.45) is 6.67. The minimum absolute atomic E-state index is 0.0298. The van der Waals surface area contributed by atoms with Crippen LogP contribution in [-0.2, 0) is 9.47 Å². The molecule has 3 atom stereocenters. The largest absolute Gasteiger partial charge is 0.350 e. The van der Waals surface area contributed by atoms with E-state index in [0.717, 1.165) is 19.6 Å². The number of hydrogen-bond donors (Lipinski definition) is 0. The van der Waals surface area contributed by atoms with E-state index in [1.165, 1.54) is 38.8 Å². The smallest absolute Gasteiger partial charge is 0.158 e. The van der Waals surface area contributed by atoms with Crippen molar-refractivity contribution >= 4 is 0 Å². The van der Waals surface area contributed by atoms with Crippen LogP contribution in [0.25, 0.3) is 0 Å². The Morgan fingerprint density at radius 3 is 2.50 bits per heavy atom. The zero-order valence-electron chi connectivity index (χ0n) is 13.9. The third-order valence-electron chi connectivity index (χ3n) is 4.28. The van der Waals surface area contributed by atoms with Gasteiger partial charge in [-0.25, -0.2) is 0 Å². The molecule has 0 aliphatic carbocycles. The van der Waals surface area contributed by atoms with Gasteiger partial charge in [0, 0.05) is 13.0 Å². The zero-order valence-corrected chi connectivity index (χ0v) is 13.9. The van der Waals surface area contributed by atoms with Crippen LogP contribution in [0.2, 0.25) is 0 Å². The van der Waals surface area contributed by atoms with Crippen LogP contribution in [0.3, 0.4) is 0 Å². The lowest BCUT2D eigenvalue weighted by Gasteiger charge is -2.28. The third kappa shape index (κ3) is 5.71. The van der Waals surface area contributed by atoms with E-state index in [1.54, 1.807) is 0 Å². The highest BCUT2D eigenvalue weighted by molar-refractivity contribution is 4.75. The molecular formula is C17H33NO2. The molecular weight excluding hydrogens is 250 g/mol. The van der Waals surface area contributed by atoms with E-state index in [2.05, 4.69) is 32.6 Å². The topological polar surface area (TPSA) is 21.7 Å². The molecule has 0 aromatic rings. The minimum Gasteiger partial charge on any atom is -0.350 e. The third-order valence-corrected chi connectivity index (χ3v) is 4.28. The average Bonchev–Trinajstić information content (AvgIpc) is 2.75. The first-order chi connectivity index (χ1) is 9.42. The van der Waals surface area contributed by atoms with Gasteiger partial charge in [-0.2, -0.15) is 0 Å². The fraction of sp³-hybridized carbons (Fsp3) is 1.00. The van der Waals surface area contributed by atoms with Crippen LogP contribution in [0.4, 0.5) is 0 Å².